The molecule has 0 radical (unpaired) electrons. The summed E-state index contributed by atoms with van der Waals surface area (Å²) in [5, 5.41) is 86.5. The van der Waals surface area contributed by atoms with E-state index in [-0.39, 0.29) is 0 Å². The first-order chi connectivity index (χ1) is 13.2. The highest BCUT2D eigenvalue weighted by molar-refractivity contribution is 4.90. The molecule has 2 fully saturated rings. The summed E-state index contributed by atoms with van der Waals surface area (Å²) in [7, 11) is 0. The Labute approximate surface area is 159 Å². The summed E-state index contributed by atoms with van der Waals surface area (Å²) in [6.45, 7) is -2.38. The minimum Gasteiger partial charge on any atom is -0.394 e. The number of rotatable bonds is 8. The smallest absolute Gasteiger partial charge is 0.187 e. The third-order valence-electron chi connectivity index (χ3n) is 4.67. The molecule has 0 saturated carbocycles. The Morgan fingerprint density at radius 3 is 1.57 bits per heavy atom. The lowest BCUT2D eigenvalue weighted by Crippen LogP contribution is -2.60. The Morgan fingerprint density at radius 2 is 1.11 bits per heavy atom. The SMILES string of the molecule is OCC(COC1O[C@H](CO)[C@@H](O)[C@H](O)[C@H]1O)OC1O[C@H](CO)[C@@H](O)[C@H](O)[C@H]1O. The Bertz CT molecular complexity index is 463. The Kier molecular flexibility index (Phi) is 8.90. The summed E-state index contributed by atoms with van der Waals surface area (Å²) >= 11 is 0. The average molecular weight is 416 g/mol. The van der Waals surface area contributed by atoms with Gasteiger partial charge in [0.25, 0.3) is 0 Å². The molecule has 11 atom stereocenters. The van der Waals surface area contributed by atoms with Gasteiger partial charge in [0.05, 0.1) is 26.4 Å². The minimum absolute atomic E-state index is 0.436. The molecule has 0 aliphatic carbocycles. The van der Waals surface area contributed by atoms with Crippen LogP contribution >= 0.6 is 0 Å². The zero-order valence-electron chi connectivity index (χ0n) is 14.8. The van der Waals surface area contributed by atoms with Gasteiger partial charge in [-0.25, -0.2) is 0 Å². The van der Waals surface area contributed by atoms with Gasteiger partial charge in [-0.15, -0.1) is 0 Å². The molecule has 0 amide bonds. The fourth-order valence-corrected chi connectivity index (χ4v) is 2.91. The molecule has 0 bridgehead atoms. The number of aliphatic hydroxyl groups is 9. The summed E-state index contributed by atoms with van der Waals surface area (Å²) in [5.41, 5.74) is 0. The second-order valence-corrected chi connectivity index (χ2v) is 6.67. The molecule has 0 aromatic heterocycles. The van der Waals surface area contributed by atoms with Crippen molar-refractivity contribution in [2.24, 2.45) is 0 Å². The maximum Gasteiger partial charge on any atom is 0.187 e. The maximum absolute atomic E-state index is 9.94. The zero-order chi connectivity index (χ0) is 21.0. The van der Waals surface area contributed by atoms with Crippen molar-refractivity contribution in [1.82, 2.24) is 0 Å². The van der Waals surface area contributed by atoms with E-state index in [1.165, 1.54) is 0 Å². The summed E-state index contributed by atoms with van der Waals surface area (Å²) in [5.74, 6) is 0. The van der Waals surface area contributed by atoms with Crippen LogP contribution in [0.2, 0.25) is 0 Å². The summed E-state index contributed by atoms with van der Waals surface area (Å²) in [4.78, 5) is 0. The van der Waals surface area contributed by atoms with Crippen LogP contribution in [0.15, 0.2) is 0 Å². The van der Waals surface area contributed by atoms with Gasteiger partial charge < -0.3 is 64.9 Å². The number of ether oxygens (including phenoxy) is 4. The fraction of sp³-hybridized carbons (Fsp3) is 1.00. The number of hydrogen-bond donors (Lipinski definition) is 9. The van der Waals surface area contributed by atoms with Crippen molar-refractivity contribution in [3.63, 3.8) is 0 Å². The highest BCUT2D eigenvalue weighted by atomic mass is 16.7. The van der Waals surface area contributed by atoms with E-state index in [9.17, 15) is 35.7 Å². The normalized spacial score (nSPS) is 45.8. The molecule has 2 aliphatic heterocycles. The van der Waals surface area contributed by atoms with E-state index in [1.807, 2.05) is 0 Å². The van der Waals surface area contributed by atoms with Crippen LogP contribution in [0.4, 0.5) is 0 Å². The molecule has 2 saturated heterocycles. The van der Waals surface area contributed by atoms with Crippen molar-refractivity contribution < 1.29 is 64.9 Å². The van der Waals surface area contributed by atoms with Crippen LogP contribution in [-0.2, 0) is 18.9 Å². The van der Waals surface area contributed by atoms with E-state index in [2.05, 4.69) is 0 Å². The van der Waals surface area contributed by atoms with Crippen LogP contribution in [0.3, 0.4) is 0 Å². The van der Waals surface area contributed by atoms with Crippen LogP contribution in [0.25, 0.3) is 0 Å². The minimum atomic E-state index is -1.68. The first kappa shape index (κ1) is 23.8. The van der Waals surface area contributed by atoms with Crippen molar-refractivity contribution in [3.05, 3.63) is 0 Å². The molecule has 0 spiro atoms. The first-order valence-corrected chi connectivity index (χ1v) is 8.74. The van der Waals surface area contributed by atoms with Gasteiger partial charge in [-0.2, -0.15) is 0 Å². The van der Waals surface area contributed by atoms with Gasteiger partial charge in [0.2, 0.25) is 0 Å². The molecule has 9 N–H and O–H groups in total. The molecule has 0 aromatic carbocycles. The van der Waals surface area contributed by atoms with Gasteiger partial charge in [0.1, 0.15) is 54.9 Å². The lowest BCUT2D eigenvalue weighted by molar-refractivity contribution is -0.330. The predicted molar refractivity (Wildman–Crippen MR) is 85.4 cm³/mol. The van der Waals surface area contributed by atoms with Gasteiger partial charge >= 0.3 is 0 Å². The Morgan fingerprint density at radius 1 is 0.643 bits per heavy atom. The van der Waals surface area contributed by atoms with E-state index in [1.54, 1.807) is 0 Å². The molecule has 28 heavy (non-hydrogen) atoms. The molecule has 13 nitrogen and oxygen atoms in total. The van der Waals surface area contributed by atoms with Crippen molar-refractivity contribution in [1.29, 1.82) is 0 Å². The second-order valence-electron chi connectivity index (χ2n) is 6.67. The molecular weight excluding hydrogens is 388 g/mol. The van der Waals surface area contributed by atoms with Gasteiger partial charge in [-0.05, 0) is 0 Å². The highest BCUT2D eigenvalue weighted by Gasteiger charge is 2.46. The number of hydrogen-bond acceptors (Lipinski definition) is 13. The maximum atomic E-state index is 9.94. The third-order valence-corrected chi connectivity index (χ3v) is 4.67. The van der Waals surface area contributed by atoms with E-state index >= 15 is 0 Å². The molecule has 3 unspecified atom stereocenters. The molecule has 0 aromatic rings. The van der Waals surface area contributed by atoms with Gasteiger partial charge in [0, 0.05) is 0 Å². The largest absolute Gasteiger partial charge is 0.394 e. The Balaban J connectivity index is 1.93. The summed E-state index contributed by atoms with van der Waals surface area (Å²) < 4.78 is 20.8. The summed E-state index contributed by atoms with van der Waals surface area (Å²) in [6.07, 6.45) is -16.3. The highest BCUT2D eigenvalue weighted by Crippen LogP contribution is 2.24. The van der Waals surface area contributed by atoms with Crippen LogP contribution in [0.5, 0.6) is 0 Å². The van der Waals surface area contributed by atoms with Crippen LogP contribution in [0, 0.1) is 0 Å². The average Bonchev–Trinajstić information content (AvgIpc) is 2.70. The number of aliphatic hydroxyl groups excluding tert-OH is 9. The Hall–Kier alpha value is -0.520. The second kappa shape index (κ2) is 10.5. The third kappa shape index (κ3) is 5.14. The molecule has 166 valence electrons. The van der Waals surface area contributed by atoms with Gasteiger partial charge in [-0.1, -0.05) is 0 Å². The van der Waals surface area contributed by atoms with Crippen LogP contribution < -0.4 is 0 Å². The first-order valence-electron chi connectivity index (χ1n) is 8.74. The van der Waals surface area contributed by atoms with Crippen molar-refractivity contribution in [2.45, 2.75) is 67.5 Å². The summed E-state index contributed by atoms with van der Waals surface area (Å²) in [6, 6.07) is 0. The standard InChI is InChI=1S/C15H28O13/c16-1-5(26-15-13(24)11(22)9(20)7(3-18)28-15)4-25-14-12(23)10(21)8(19)6(2-17)27-14/h5-24H,1-4H2/t5?,6-,7-,8-,9-,10+,11+,12-,13-,14?,15?/m1/s1. The monoisotopic (exact) mass is 416 g/mol. The lowest BCUT2D eigenvalue weighted by atomic mass is 9.99. The quantitative estimate of drug-likeness (QED) is 0.180. The van der Waals surface area contributed by atoms with E-state index in [4.69, 9.17) is 29.2 Å². The molecule has 2 aliphatic rings. The van der Waals surface area contributed by atoms with Crippen LogP contribution in [0.1, 0.15) is 0 Å². The van der Waals surface area contributed by atoms with E-state index in [0.717, 1.165) is 0 Å². The lowest BCUT2D eigenvalue weighted by Gasteiger charge is -2.41. The van der Waals surface area contributed by atoms with E-state index < -0.39 is 93.9 Å². The van der Waals surface area contributed by atoms with Crippen molar-refractivity contribution in [3.8, 4) is 0 Å². The molecule has 2 rings (SSSR count). The topological polar surface area (TPSA) is 219 Å². The van der Waals surface area contributed by atoms with Crippen molar-refractivity contribution >= 4 is 0 Å². The molecule has 13 heteroatoms. The van der Waals surface area contributed by atoms with Gasteiger partial charge in [-0.3, -0.25) is 0 Å². The van der Waals surface area contributed by atoms with E-state index in [0.29, 0.717) is 0 Å². The zero-order valence-corrected chi connectivity index (χ0v) is 14.8. The van der Waals surface area contributed by atoms with Crippen LogP contribution in [-0.4, -0.2) is 140 Å². The predicted octanol–water partition coefficient (Wildman–Crippen LogP) is -6.02. The van der Waals surface area contributed by atoms with Gasteiger partial charge in [0.15, 0.2) is 12.6 Å². The fourth-order valence-electron chi connectivity index (χ4n) is 2.91. The molecule has 2 heterocycles. The van der Waals surface area contributed by atoms with Crippen molar-refractivity contribution in [2.75, 3.05) is 26.4 Å². The molecular formula is C15H28O13.